The third-order valence-corrected chi connectivity index (χ3v) is 6.77. The minimum Gasteiger partial charge on any atom is -0.468 e. The van der Waals surface area contributed by atoms with Crippen LogP contribution in [0.3, 0.4) is 0 Å². The number of benzene rings is 2. The second-order valence-corrected chi connectivity index (χ2v) is 10.6. The predicted octanol–water partition coefficient (Wildman–Crippen LogP) is 3.78. The molecule has 9 nitrogen and oxygen atoms in total. The number of hydrogen-bond donors (Lipinski definition) is 2. The van der Waals surface area contributed by atoms with E-state index in [1.165, 1.54) is 25.3 Å². The molecule has 0 aromatic heterocycles. The van der Waals surface area contributed by atoms with Crippen molar-refractivity contribution in [1.82, 2.24) is 10.2 Å². The van der Waals surface area contributed by atoms with Crippen molar-refractivity contribution in [1.29, 1.82) is 0 Å². The lowest BCUT2D eigenvalue weighted by Crippen LogP contribution is -2.48. The molecule has 2 aromatic rings. The molecule has 3 atom stereocenters. The third-order valence-electron chi connectivity index (χ3n) is 5.34. The summed E-state index contributed by atoms with van der Waals surface area (Å²) in [5.41, 5.74) is 0.622. The second-order valence-electron chi connectivity index (χ2n) is 9.41. The monoisotopic (exact) mass is 531 g/mol. The van der Waals surface area contributed by atoms with Gasteiger partial charge in [-0.05, 0) is 51.5 Å². The minimum atomic E-state index is -1.28. The van der Waals surface area contributed by atoms with Crippen LogP contribution in [-0.4, -0.2) is 58.7 Å². The van der Waals surface area contributed by atoms with Crippen LogP contribution in [0.4, 0.5) is 14.9 Å². The summed E-state index contributed by atoms with van der Waals surface area (Å²) in [7, 11) is 1.17. The third kappa shape index (κ3) is 7.00. The highest BCUT2D eigenvalue weighted by atomic mass is 32.2. The van der Waals surface area contributed by atoms with Crippen molar-refractivity contribution in [2.45, 2.75) is 50.0 Å². The molecule has 3 rings (SSSR count). The van der Waals surface area contributed by atoms with Gasteiger partial charge < -0.3 is 25.0 Å². The number of methoxy groups -OCH3 is 1. The molecule has 1 heterocycles. The molecule has 37 heavy (non-hydrogen) atoms. The lowest BCUT2D eigenvalue weighted by molar-refractivity contribution is -0.161. The van der Waals surface area contributed by atoms with Crippen molar-refractivity contribution in [2.24, 2.45) is 0 Å². The van der Waals surface area contributed by atoms with Crippen molar-refractivity contribution in [3.8, 4) is 0 Å². The van der Waals surface area contributed by atoms with Crippen LogP contribution in [-0.2, 0) is 23.9 Å². The maximum absolute atomic E-state index is 14.9. The van der Waals surface area contributed by atoms with Gasteiger partial charge in [0.2, 0.25) is 5.91 Å². The summed E-state index contributed by atoms with van der Waals surface area (Å²) < 4.78 is 25.3. The van der Waals surface area contributed by atoms with Gasteiger partial charge in [-0.15, -0.1) is 11.8 Å². The van der Waals surface area contributed by atoms with Crippen LogP contribution in [0.1, 0.15) is 37.9 Å². The number of esters is 2. The van der Waals surface area contributed by atoms with E-state index in [4.69, 9.17) is 9.47 Å². The highest BCUT2D eigenvalue weighted by Gasteiger charge is 2.53. The van der Waals surface area contributed by atoms with Gasteiger partial charge in [-0.1, -0.05) is 30.3 Å². The molecule has 1 aliphatic heterocycles. The summed E-state index contributed by atoms with van der Waals surface area (Å²) in [5.74, 6) is -2.87. The molecule has 0 saturated carbocycles. The molecule has 0 radical (unpaired) electrons. The number of carbonyl (C=O) groups is 4. The smallest absolute Gasteiger partial charge is 0.340 e. The Hall–Kier alpha value is -3.60. The summed E-state index contributed by atoms with van der Waals surface area (Å²) in [4.78, 5) is 52.8. The summed E-state index contributed by atoms with van der Waals surface area (Å²) >= 11 is 0.840. The maximum Gasteiger partial charge on any atom is 0.340 e. The van der Waals surface area contributed by atoms with Crippen molar-refractivity contribution in [2.75, 3.05) is 19.0 Å². The van der Waals surface area contributed by atoms with E-state index in [0.29, 0.717) is 5.69 Å². The van der Waals surface area contributed by atoms with Crippen LogP contribution in [0.5, 0.6) is 0 Å². The SMILES string of the molecule is COC(=O)C1SC(C(=O)OC(C)(C)C)N(C(=O)CNC(=O)Nc2cccc(C)c2)C1c1ccccc1F. The van der Waals surface area contributed by atoms with Crippen LogP contribution in [0.15, 0.2) is 48.5 Å². The van der Waals surface area contributed by atoms with E-state index in [9.17, 15) is 23.6 Å². The highest BCUT2D eigenvalue weighted by molar-refractivity contribution is 8.02. The topological polar surface area (TPSA) is 114 Å². The average Bonchev–Trinajstić information content (AvgIpc) is 3.22. The Morgan fingerprint density at radius 1 is 1.05 bits per heavy atom. The molecule has 198 valence electrons. The van der Waals surface area contributed by atoms with E-state index in [-0.39, 0.29) is 5.56 Å². The molecule has 1 saturated heterocycles. The first-order chi connectivity index (χ1) is 17.4. The minimum absolute atomic E-state index is 0.0361. The van der Waals surface area contributed by atoms with Gasteiger partial charge in [0, 0.05) is 11.3 Å². The molecular formula is C26H30FN3O6S. The zero-order valence-corrected chi connectivity index (χ0v) is 22.1. The number of thioether (sulfide) groups is 1. The molecule has 1 aliphatic rings. The second kappa shape index (κ2) is 11.6. The van der Waals surface area contributed by atoms with Gasteiger partial charge in [-0.3, -0.25) is 9.59 Å². The zero-order chi connectivity index (χ0) is 27.3. The fraction of sp³-hybridized carbons (Fsp3) is 0.385. The Balaban J connectivity index is 1.91. The first kappa shape index (κ1) is 28.0. The van der Waals surface area contributed by atoms with Crippen LogP contribution in [0.2, 0.25) is 0 Å². The molecule has 1 fully saturated rings. The van der Waals surface area contributed by atoms with Gasteiger partial charge in [0.1, 0.15) is 16.7 Å². The van der Waals surface area contributed by atoms with Crippen molar-refractivity contribution < 1.29 is 33.0 Å². The molecule has 0 spiro atoms. The number of nitrogens with zero attached hydrogens (tertiary/aromatic N) is 1. The molecular weight excluding hydrogens is 501 g/mol. The largest absolute Gasteiger partial charge is 0.468 e. The van der Waals surface area contributed by atoms with Crippen LogP contribution < -0.4 is 10.6 Å². The molecule has 3 amide bonds. The number of rotatable bonds is 6. The number of halogens is 1. The van der Waals surface area contributed by atoms with Crippen LogP contribution >= 0.6 is 11.8 Å². The lowest BCUT2D eigenvalue weighted by Gasteiger charge is -2.31. The first-order valence-corrected chi connectivity index (χ1v) is 12.5. The quantitative estimate of drug-likeness (QED) is 0.546. The van der Waals surface area contributed by atoms with E-state index in [1.54, 1.807) is 45.0 Å². The Kier molecular flexibility index (Phi) is 8.80. The van der Waals surface area contributed by atoms with E-state index >= 15 is 0 Å². The van der Waals surface area contributed by atoms with Crippen LogP contribution in [0.25, 0.3) is 0 Å². The summed E-state index contributed by atoms with van der Waals surface area (Å²) in [6, 6.07) is 10.9. The average molecular weight is 532 g/mol. The van der Waals surface area contributed by atoms with Crippen LogP contribution in [0, 0.1) is 12.7 Å². The maximum atomic E-state index is 14.9. The highest BCUT2D eigenvalue weighted by Crippen LogP contribution is 2.46. The molecule has 0 aliphatic carbocycles. The number of amides is 3. The Bertz CT molecular complexity index is 1180. The summed E-state index contributed by atoms with van der Waals surface area (Å²) in [6.07, 6.45) is 0. The Morgan fingerprint density at radius 3 is 2.38 bits per heavy atom. The van der Waals surface area contributed by atoms with Gasteiger partial charge in [-0.25, -0.2) is 14.0 Å². The Labute approximate surface area is 219 Å². The normalized spacial score (nSPS) is 19.2. The number of ether oxygens (including phenoxy) is 2. The number of aryl methyl sites for hydroxylation is 1. The number of anilines is 1. The van der Waals surface area contributed by atoms with E-state index < -0.39 is 58.5 Å². The molecule has 11 heteroatoms. The zero-order valence-electron chi connectivity index (χ0n) is 21.2. The van der Waals surface area contributed by atoms with Gasteiger partial charge in [-0.2, -0.15) is 0 Å². The lowest BCUT2D eigenvalue weighted by atomic mass is 10.0. The standard InChI is InChI=1S/C26H30FN3O6S/c1-15-9-8-10-16(13-15)29-25(34)28-14-19(31)30-20(17-11-6-7-12-18(17)27)21(23(32)35-5)37-22(30)24(33)36-26(2,3)4/h6-13,20-22H,14H2,1-5H3,(H2,28,29,34). The molecule has 0 bridgehead atoms. The predicted molar refractivity (Wildman–Crippen MR) is 137 cm³/mol. The van der Waals surface area contributed by atoms with Gasteiger partial charge in [0.15, 0.2) is 5.37 Å². The van der Waals surface area contributed by atoms with Crippen molar-refractivity contribution >= 4 is 41.3 Å². The van der Waals surface area contributed by atoms with E-state index in [1.807, 2.05) is 13.0 Å². The number of urea groups is 1. The van der Waals surface area contributed by atoms with Gasteiger partial charge in [0.05, 0.1) is 19.7 Å². The van der Waals surface area contributed by atoms with E-state index in [2.05, 4.69) is 10.6 Å². The van der Waals surface area contributed by atoms with E-state index in [0.717, 1.165) is 22.2 Å². The fourth-order valence-electron chi connectivity index (χ4n) is 3.85. The Morgan fingerprint density at radius 2 is 1.76 bits per heavy atom. The van der Waals surface area contributed by atoms with Crippen molar-refractivity contribution in [3.63, 3.8) is 0 Å². The number of carbonyl (C=O) groups excluding carboxylic acids is 4. The molecule has 3 unspecified atom stereocenters. The number of hydrogen-bond acceptors (Lipinski definition) is 7. The van der Waals surface area contributed by atoms with Gasteiger partial charge in [0.25, 0.3) is 0 Å². The molecule has 2 N–H and O–H groups in total. The molecule has 2 aromatic carbocycles. The summed E-state index contributed by atoms with van der Waals surface area (Å²) in [6.45, 7) is 6.35. The van der Waals surface area contributed by atoms with Gasteiger partial charge >= 0.3 is 18.0 Å². The fourth-order valence-corrected chi connectivity index (χ4v) is 5.30. The van der Waals surface area contributed by atoms with Crippen molar-refractivity contribution in [3.05, 3.63) is 65.5 Å². The first-order valence-electron chi connectivity index (χ1n) is 11.5. The summed E-state index contributed by atoms with van der Waals surface area (Å²) in [5, 5.41) is 2.71. The number of nitrogens with one attached hydrogen (secondary N) is 2.